The van der Waals surface area contributed by atoms with Crippen LogP contribution in [0.5, 0.6) is 0 Å². The van der Waals surface area contributed by atoms with Crippen LogP contribution >= 0.6 is 0 Å². The summed E-state index contributed by atoms with van der Waals surface area (Å²) < 4.78 is 5.54. The van der Waals surface area contributed by atoms with Crippen LogP contribution in [0.1, 0.15) is 27.2 Å². The highest BCUT2D eigenvalue weighted by Crippen LogP contribution is 2.24. The van der Waals surface area contributed by atoms with Gasteiger partial charge in [-0.2, -0.15) is 0 Å². The Morgan fingerprint density at radius 3 is 2.08 bits per heavy atom. The maximum atomic E-state index is 6.16. The van der Waals surface area contributed by atoms with Crippen molar-refractivity contribution in [1.29, 1.82) is 0 Å². The lowest BCUT2D eigenvalue weighted by Gasteiger charge is -2.42. The van der Waals surface area contributed by atoms with Crippen molar-refractivity contribution in [3.05, 3.63) is 0 Å². The summed E-state index contributed by atoms with van der Waals surface area (Å²) in [5.74, 6) is 0. The minimum atomic E-state index is -1.97. The molecule has 0 aromatic carbocycles. The summed E-state index contributed by atoms with van der Waals surface area (Å²) in [7, 11) is -0.254. The molecule has 74 valence electrons. The number of nitrogens with two attached hydrogens (primary N) is 2. The Balaban J connectivity index is 4.74. The Morgan fingerprint density at radius 2 is 2.00 bits per heavy atom. The molecule has 0 heterocycles. The molecule has 0 rings (SSSR count). The molecule has 3 unspecified atom stereocenters. The molecule has 0 spiro atoms. The lowest BCUT2D eigenvalue weighted by Crippen LogP contribution is -2.70. The van der Waals surface area contributed by atoms with Crippen molar-refractivity contribution in [3.63, 3.8) is 0 Å². The van der Waals surface area contributed by atoms with Crippen LogP contribution in [0, 0.1) is 0 Å². The van der Waals surface area contributed by atoms with Gasteiger partial charge in [-0.3, -0.25) is 0 Å². The number of hydrogen-bond donors (Lipinski definition) is 2. The van der Waals surface area contributed by atoms with Gasteiger partial charge in [0.1, 0.15) is 0 Å². The van der Waals surface area contributed by atoms with E-state index < -0.39 is 8.32 Å². The molecule has 3 nitrogen and oxygen atoms in total. The molecular weight excluding hydrogens is 168 g/mol. The van der Waals surface area contributed by atoms with Gasteiger partial charge in [-0.25, -0.2) is 0 Å². The summed E-state index contributed by atoms with van der Waals surface area (Å²) in [6.45, 7) is 8.19. The first-order valence-electron chi connectivity index (χ1n) is 4.41. The monoisotopic (exact) mass is 190 g/mol. The van der Waals surface area contributed by atoms with Crippen molar-refractivity contribution >= 4 is 8.32 Å². The molecular formula is C8H22N2OSi. The fourth-order valence-electron chi connectivity index (χ4n) is 1.29. The molecule has 3 atom stereocenters. The molecule has 0 aliphatic rings. The zero-order valence-corrected chi connectivity index (χ0v) is 9.85. The van der Waals surface area contributed by atoms with Gasteiger partial charge in [0.2, 0.25) is 8.32 Å². The van der Waals surface area contributed by atoms with Crippen LogP contribution in [0.25, 0.3) is 0 Å². The normalized spacial score (nSPS) is 24.2. The van der Waals surface area contributed by atoms with Gasteiger partial charge in [0.25, 0.3) is 0 Å². The molecule has 0 saturated heterocycles. The van der Waals surface area contributed by atoms with E-state index >= 15 is 0 Å². The molecule has 0 aromatic heterocycles. The van der Waals surface area contributed by atoms with Crippen molar-refractivity contribution in [2.75, 3.05) is 7.11 Å². The van der Waals surface area contributed by atoms with Crippen molar-refractivity contribution in [2.24, 2.45) is 11.5 Å². The summed E-state index contributed by atoms with van der Waals surface area (Å²) in [5, 5.41) is -0.240. The number of rotatable bonds is 4. The van der Waals surface area contributed by atoms with E-state index in [0.717, 1.165) is 6.42 Å². The molecule has 0 radical (unpaired) electrons. The second-order valence-electron chi connectivity index (χ2n) is 3.87. The Labute approximate surface area is 76.6 Å². The Bertz CT molecular complexity index is 150. The van der Waals surface area contributed by atoms with E-state index in [-0.39, 0.29) is 10.8 Å². The first-order valence-corrected chi connectivity index (χ1v) is 6.90. The van der Waals surface area contributed by atoms with Crippen molar-refractivity contribution in [2.45, 2.75) is 44.6 Å². The average Bonchev–Trinajstić information content (AvgIpc) is 2.02. The van der Waals surface area contributed by atoms with Crippen molar-refractivity contribution in [3.8, 4) is 0 Å². The van der Waals surface area contributed by atoms with Crippen LogP contribution in [0.2, 0.25) is 6.55 Å². The smallest absolute Gasteiger partial charge is 0.224 e. The Morgan fingerprint density at radius 1 is 1.58 bits per heavy atom. The third kappa shape index (κ3) is 1.88. The quantitative estimate of drug-likeness (QED) is 0.643. The maximum Gasteiger partial charge on any atom is 0.224 e. The van der Waals surface area contributed by atoms with E-state index in [4.69, 9.17) is 15.9 Å². The minimum absolute atomic E-state index is 0.0671. The van der Waals surface area contributed by atoms with Gasteiger partial charge in [0.15, 0.2) is 0 Å². The van der Waals surface area contributed by atoms with Gasteiger partial charge in [-0.05, 0) is 19.9 Å². The van der Waals surface area contributed by atoms with E-state index in [1.165, 1.54) is 0 Å². The van der Waals surface area contributed by atoms with E-state index in [0.29, 0.717) is 0 Å². The second kappa shape index (κ2) is 3.87. The molecule has 4 N–H and O–H groups in total. The molecule has 0 aliphatic carbocycles. The molecule has 0 aliphatic heterocycles. The Kier molecular flexibility index (Phi) is 3.90. The molecule has 0 amide bonds. The van der Waals surface area contributed by atoms with Crippen LogP contribution in [0.15, 0.2) is 0 Å². The summed E-state index contributed by atoms with van der Waals surface area (Å²) in [6, 6.07) is 0. The predicted molar refractivity (Wildman–Crippen MR) is 55.2 cm³/mol. The van der Waals surface area contributed by atoms with Gasteiger partial charge in [0.05, 0.1) is 0 Å². The van der Waals surface area contributed by atoms with Crippen LogP contribution in [0.4, 0.5) is 0 Å². The number of hydrogen-bond acceptors (Lipinski definition) is 3. The third-order valence-electron chi connectivity index (χ3n) is 3.16. The first-order chi connectivity index (χ1) is 5.31. The topological polar surface area (TPSA) is 61.3 Å². The van der Waals surface area contributed by atoms with Crippen LogP contribution in [-0.2, 0) is 4.43 Å². The van der Waals surface area contributed by atoms with Crippen LogP contribution in [-0.4, -0.2) is 26.3 Å². The average molecular weight is 190 g/mol. The van der Waals surface area contributed by atoms with E-state index in [9.17, 15) is 0 Å². The molecule has 0 bridgehead atoms. The third-order valence-corrected chi connectivity index (χ3v) is 8.37. The standard InChI is InChI=1S/C8H22N2OSi/c1-6-8(3,10)12(5,11-4)7(2)9/h7H,6,9-10H2,1-5H3. The van der Waals surface area contributed by atoms with Gasteiger partial charge >= 0.3 is 0 Å². The fraction of sp³-hybridized carbons (Fsp3) is 1.00. The van der Waals surface area contributed by atoms with Gasteiger partial charge < -0.3 is 15.9 Å². The van der Waals surface area contributed by atoms with E-state index in [1.54, 1.807) is 7.11 Å². The van der Waals surface area contributed by atoms with Gasteiger partial charge in [-0.1, -0.05) is 13.8 Å². The van der Waals surface area contributed by atoms with Crippen LogP contribution in [0.3, 0.4) is 0 Å². The van der Waals surface area contributed by atoms with Crippen molar-refractivity contribution < 1.29 is 4.43 Å². The minimum Gasteiger partial charge on any atom is -0.417 e. The zero-order chi connectivity index (χ0) is 9.99. The molecule has 4 heteroatoms. The van der Waals surface area contributed by atoms with E-state index in [2.05, 4.69) is 13.5 Å². The van der Waals surface area contributed by atoms with Crippen LogP contribution < -0.4 is 11.5 Å². The summed E-state index contributed by atoms with van der Waals surface area (Å²) in [4.78, 5) is 0. The van der Waals surface area contributed by atoms with E-state index in [1.807, 2.05) is 13.8 Å². The van der Waals surface area contributed by atoms with Crippen molar-refractivity contribution in [1.82, 2.24) is 0 Å². The summed E-state index contributed by atoms with van der Waals surface area (Å²) in [5.41, 5.74) is 12.1. The highest BCUT2D eigenvalue weighted by molar-refractivity contribution is 6.77. The molecule has 0 aromatic rings. The second-order valence-corrected chi connectivity index (χ2v) is 8.55. The van der Waals surface area contributed by atoms with Gasteiger partial charge in [0, 0.05) is 17.9 Å². The molecule has 12 heavy (non-hydrogen) atoms. The SMILES string of the molecule is CCC(C)(N)[Si](C)(OC)C(C)N. The summed E-state index contributed by atoms with van der Waals surface area (Å²) >= 11 is 0. The predicted octanol–water partition coefficient (Wildman–Crippen LogP) is 0.761. The highest BCUT2D eigenvalue weighted by atomic mass is 28.4. The first kappa shape index (κ1) is 12.1. The lowest BCUT2D eigenvalue weighted by molar-refractivity contribution is 0.343. The highest BCUT2D eigenvalue weighted by Gasteiger charge is 2.47. The Hall–Kier alpha value is 0.0969. The lowest BCUT2D eigenvalue weighted by atomic mass is 10.3. The maximum absolute atomic E-state index is 6.16. The molecule has 0 fully saturated rings. The largest absolute Gasteiger partial charge is 0.417 e. The molecule has 0 saturated carbocycles. The zero-order valence-electron chi connectivity index (χ0n) is 8.85. The summed E-state index contributed by atoms with van der Waals surface area (Å²) in [6.07, 6.45) is 0.908. The fourth-order valence-corrected chi connectivity index (χ4v) is 3.87. The van der Waals surface area contributed by atoms with Gasteiger partial charge in [-0.15, -0.1) is 0 Å².